The zero-order chi connectivity index (χ0) is 15.4. The Balaban J connectivity index is 2.20. The second-order valence-electron chi connectivity index (χ2n) is 4.28. The molecule has 2 rings (SSSR count). The van der Waals surface area contributed by atoms with Gasteiger partial charge in [0.2, 0.25) is 5.91 Å². The fraction of sp³-hybridized carbons (Fsp3) is 0.154. The minimum Gasteiger partial charge on any atom is -0.480 e. The molecule has 0 aliphatic heterocycles. The van der Waals surface area contributed by atoms with Crippen molar-refractivity contribution in [1.29, 1.82) is 0 Å². The molecule has 1 atom stereocenters. The molecule has 0 bridgehead atoms. The van der Waals surface area contributed by atoms with Crippen molar-refractivity contribution in [2.75, 3.05) is 0 Å². The van der Waals surface area contributed by atoms with Gasteiger partial charge in [-0.05, 0) is 12.1 Å². The minimum absolute atomic E-state index is 0.0376. The molecule has 0 saturated heterocycles. The number of hydrogen-bond donors (Lipinski definition) is 3. The largest absolute Gasteiger partial charge is 0.480 e. The first-order valence-electron chi connectivity index (χ1n) is 6.01. The number of rotatable bonds is 5. The molecular weight excluding hydrogens is 276 g/mol. The zero-order valence-corrected chi connectivity index (χ0v) is 10.8. The predicted molar refractivity (Wildman–Crippen MR) is 72.2 cm³/mol. The third-order valence-corrected chi connectivity index (χ3v) is 2.69. The fourth-order valence-electron chi connectivity index (χ4n) is 1.70. The van der Waals surface area contributed by atoms with Crippen LogP contribution in [-0.4, -0.2) is 38.9 Å². The zero-order valence-electron chi connectivity index (χ0n) is 10.8. The normalized spacial score (nSPS) is 11.8. The number of fused-ring (bicyclic) bond motifs is 1. The van der Waals surface area contributed by atoms with Crippen LogP contribution in [0.1, 0.15) is 16.9 Å². The first-order chi connectivity index (χ1) is 9.97. The van der Waals surface area contributed by atoms with E-state index in [2.05, 4.69) is 15.3 Å². The summed E-state index contributed by atoms with van der Waals surface area (Å²) in [4.78, 5) is 41.8. The number of nitrogens with zero attached hydrogens (tertiary/aromatic N) is 2. The molecule has 21 heavy (non-hydrogen) atoms. The second-order valence-corrected chi connectivity index (χ2v) is 4.28. The summed E-state index contributed by atoms with van der Waals surface area (Å²) < 4.78 is 0. The van der Waals surface area contributed by atoms with Crippen LogP contribution in [0.5, 0.6) is 0 Å². The van der Waals surface area contributed by atoms with E-state index in [0.717, 1.165) is 0 Å². The highest BCUT2D eigenvalue weighted by Crippen LogP contribution is 2.08. The molecule has 1 unspecified atom stereocenters. The van der Waals surface area contributed by atoms with Gasteiger partial charge in [0.15, 0.2) is 0 Å². The molecule has 108 valence electrons. The van der Waals surface area contributed by atoms with Gasteiger partial charge in [0.05, 0.1) is 23.7 Å². The van der Waals surface area contributed by atoms with Crippen LogP contribution < -0.4 is 11.1 Å². The van der Waals surface area contributed by atoms with Crippen molar-refractivity contribution < 1.29 is 19.5 Å². The molecule has 8 heteroatoms. The highest BCUT2D eigenvalue weighted by atomic mass is 16.4. The second kappa shape index (κ2) is 5.95. The SMILES string of the molecule is NC(=O)CC(NC(=O)c1cnc2ccccc2n1)C(=O)O. The summed E-state index contributed by atoms with van der Waals surface area (Å²) >= 11 is 0. The van der Waals surface area contributed by atoms with E-state index in [4.69, 9.17) is 10.8 Å². The quantitative estimate of drug-likeness (QED) is 0.690. The first-order valence-corrected chi connectivity index (χ1v) is 6.01. The van der Waals surface area contributed by atoms with Crippen molar-refractivity contribution in [3.63, 3.8) is 0 Å². The topological polar surface area (TPSA) is 135 Å². The van der Waals surface area contributed by atoms with Crippen molar-refractivity contribution in [2.24, 2.45) is 5.73 Å². The van der Waals surface area contributed by atoms with Gasteiger partial charge in [0, 0.05) is 0 Å². The average molecular weight is 288 g/mol. The van der Waals surface area contributed by atoms with Crippen molar-refractivity contribution in [3.8, 4) is 0 Å². The standard InChI is InChI=1S/C13H12N4O4/c14-11(18)5-9(13(20)21)17-12(19)10-6-15-7-3-1-2-4-8(7)16-10/h1-4,6,9H,5H2,(H2,14,18)(H,17,19)(H,20,21). The summed E-state index contributed by atoms with van der Waals surface area (Å²) in [7, 11) is 0. The minimum atomic E-state index is -1.40. The number of aliphatic carboxylic acids is 1. The molecule has 1 aromatic carbocycles. The molecule has 0 fully saturated rings. The van der Waals surface area contributed by atoms with Crippen molar-refractivity contribution in [3.05, 3.63) is 36.2 Å². The number of carbonyl (C=O) groups excluding carboxylic acids is 2. The Morgan fingerprint density at radius 3 is 2.52 bits per heavy atom. The molecule has 1 aromatic heterocycles. The number of carboxylic acids is 1. The maximum Gasteiger partial charge on any atom is 0.326 e. The van der Waals surface area contributed by atoms with Crippen LogP contribution in [0.4, 0.5) is 0 Å². The van der Waals surface area contributed by atoms with Gasteiger partial charge >= 0.3 is 5.97 Å². The average Bonchev–Trinajstić information content (AvgIpc) is 2.45. The van der Waals surface area contributed by atoms with E-state index in [9.17, 15) is 14.4 Å². The van der Waals surface area contributed by atoms with Gasteiger partial charge in [-0.2, -0.15) is 0 Å². The van der Waals surface area contributed by atoms with E-state index in [-0.39, 0.29) is 5.69 Å². The molecule has 2 aromatic rings. The van der Waals surface area contributed by atoms with E-state index in [1.807, 2.05) is 0 Å². The number of aromatic nitrogens is 2. The summed E-state index contributed by atoms with van der Waals surface area (Å²) in [5.41, 5.74) is 6.02. The molecule has 0 aliphatic rings. The third kappa shape index (κ3) is 3.50. The Labute approximate surface area is 119 Å². The van der Waals surface area contributed by atoms with Gasteiger partial charge < -0.3 is 16.2 Å². The number of carboxylic acid groups (broad SMARTS) is 1. The van der Waals surface area contributed by atoms with Gasteiger partial charge in [0.25, 0.3) is 5.91 Å². The lowest BCUT2D eigenvalue weighted by Crippen LogP contribution is -2.43. The summed E-state index contributed by atoms with van der Waals surface area (Å²) in [5, 5.41) is 11.1. The number of amides is 2. The lowest BCUT2D eigenvalue weighted by atomic mass is 10.2. The molecule has 0 spiro atoms. The molecule has 2 amide bonds. The summed E-state index contributed by atoms with van der Waals surface area (Å²) in [6.45, 7) is 0. The Kier molecular flexibility index (Phi) is 4.07. The molecule has 4 N–H and O–H groups in total. The predicted octanol–water partition coefficient (Wildman–Crippen LogP) is -0.312. The lowest BCUT2D eigenvalue weighted by molar-refractivity contribution is -0.140. The van der Waals surface area contributed by atoms with Gasteiger partial charge in [-0.3, -0.25) is 14.6 Å². The van der Waals surface area contributed by atoms with Crippen LogP contribution in [0.25, 0.3) is 11.0 Å². The maximum absolute atomic E-state index is 12.0. The van der Waals surface area contributed by atoms with Crippen LogP contribution in [0.2, 0.25) is 0 Å². The summed E-state index contributed by atoms with van der Waals surface area (Å²) in [6, 6.07) is 5.54. The maximum atomic E-state index is 12.0. The summed E-state index contributed by atoms with van der Waals surface area (Å²) in [5.74, 6) is -2.91. The first kappa shape index (κ1) is 14.4. The molecule has 0 saturated carbocycles. The Hall–Kier alpha value is -3.03. The van der Waals surface area contributed by atoms with E-state index in [0.29, 0.717) is 11.0 Å². The van der Waals surface area contributed by atoms with Crippen molar-refractivity contribution in [1.82, 2.24) is 15.3 Å². The Bertz CT molecular complexity index is 716. The van der Waals surface area contributed by atoms with E-state index < -0.39 is 30.2 Å². The van der Waals surface area contributed by atoms with Crippen molar-refractivity contribution >= 4 is 28.8 Å². The molecular formula is C13H12N4O4. The van der Waals surface area contributed by atoms with E-state index >= 15 is 0 Å². The van der Waals surface area contributed by atoms with Crippen LogP contribution in [0.3, 0.4) is 0 Å². The lowest BCUT2D eigenvalue weighted by Gasteiger charge is -2.12. The van der Waals surface area contributed by atoms with Crippen LogP contribution in [0.15, 0.2) is 30.5 Å². The van der Waals surface area contributed by atoms with Gasteiger partial charge in [0.1, 0.15) is 11.7 Å². The number of para-hydroxylation sites is 2. The van der Waals surface area contributed by atoms with E-state index in [1.165, 1.54) is 6.20 Å². The van der Waals surface area contributed by atoms with Gasteiger partial charge in [-0.1, -0.05) is 12.1 Å². The molecule has 1 heterocycles. The molecule has 8 nitrogen and oxygen atoms in total. The number of carbonyl (C=O) groups is 3. The number of nitrogens with two attached hydrogens (primary N) is 1. The highest BCUT2D eigenvalue weighted by molar-refractivity contribution is 5.97. The molecule has 0 radical (unpaired) electrons. The monoisotopic (exact) mass is 288 g/mol. The van der Waals surface area contributed by atoms with Gasteiger partial charge in [-0.15, -0.1) is 0 Å². The Morgan fingerprint density at radius 1 is 1.24 bits per heavy atom. The van der Waals surface area contributed by atoms with E-state index in [1.54, 1.807) is 24.3 Å². The number of primary amides is 1. The Morgan fingerprint density at radius 2 is 1.90 bits per heavy atom. The van der Waals surface area contributed by atoms with Crippen LogP contribution in [-0.2, 0) is 9.59 Å². The number of hydrogen-bond acceptors (Lipinski definition) is 5. The summed E-state index contributed by atoms with van der Waals surface area (Å²) in [6.07, 6.45) is 0.739. The molecule has 0 aliphatic carbocycles. The fourth-order valence-corrected chi connectivity index (χ4v) is 1.70. The number of benzene rings is 1. The van der Waals surface area contributed by atoms with Gasteiger partial charge in [-0.25, -0.2) is 9.78 Å². The van der Waals surface area contributed by atoms with Crippen LogP contribution >= 0.6 is 0 Å². The smallest absolute Gasteiger partial charge is 0.326 e. The number of nitrogens with one attached hydrogen (secondary N) is 1. The van der Waals surface area contributed by atoms with Crippen molar-refractivity contribution in [2.45, 2.75) is 12.5 Å². The third-order valence-electron chi connectivity index (χ3n) is 2.69. The van der Waals surface area contributed by atoms with Crippen LogP contribution in [0, 0.1) is 0 Å². The highest BCUT2D eigenvalue weighted by Gasteiger charge is 2.23.